The predicted octanol–water partition coefficient (Wildman–Crippen LogP) is 3.78. The first-order valence-corrected chi connectivity index (χ1v) is 16.1. The van der Waals surface area contributed by atoms with Crippen molar-refractivity contribution in [2.24, 2.45) is 0 Å². The number of aromatic nitrogens is 1. The molecule has 0 saturated carbocycles. The molecule has 0 saturated heterocycles. The number of anilines is 1. The van der Waals surface area contributed by atoms with E-state index in [0.717, 1.165) is 5.56 Å². The van der Waals surface area contributed by atoms with Gasteiger partial charge in [0, 0.05) is 41.7 Å². The first-order valence-electron chi connectivity index (χ1n) is 16.1. The Kier molecular flexibility index (Phi) is 13.9. The van der Waals surface area contributed by atoms with Crippen LogP contribution in [0.4, 0.5) is 14.5 Å². The van der Waals surface area contributed by atoms with Crippen molar-refractivity contribution >= 4 is 23.6 Å². The van der Waals surface area contributed by atoms with E-state index in [1.807, 2.05) is 44.2 Å². The minimum atomic E-state index is -1.45. The van der Waals surface area contributed by atoms with Gasteiger partial charge in [0.2, 0.25) is 0 Å². The number of halogens is 2. The van der Waals surface area contributed by atoms with Gasteiger partial charge in [0.05, 0.1) is 17.9 Å². The zero-order chi connectivity index (χ0) is 35.8. The zero-order valence-electron chi connectivity index (χ0n) is 28.6. The summed E-state index contributed by atoms with van der Waals surface area (Å²) < 4.78 is 36.3. The summed E-state index contributed by atoms with van der Waals surface area (Å²) in [7, 11) is 0. The Balaban J connectivity index is 0.00000583. The summed E-state index contributed by atoms with van der Waals surface area (Å²) in [6.45, 7) is 4.00. The van der Waals surface area contributed by atoms with Gasteiger partial charge in [-0.3, -0.25) is 4.79 Å². The molecule has 0 aliphatic rings. The summed E-state index contributed by atoms with van der Waals surface area (Å²) in [5.74, 6) is -2.48. The van der Waals surface area contributed by atoms with Crippen LogP contribution in [0.5, 0.6) is 5.75 Å². The average molecular weight is 703 g/mol. The zero-order valence-corrected chi connectivity index (χ0v) is 30.6. The van der Waals surface area contributed by atoms with Crippen LogP contribution in [0, 0.1) is 11.6 Å². The molecule has 0 unspecified atom stereocenters. The average Bonchev–Trinajstić information content (AvgIpc) is 3.43. The van der Waals surface area contributed by atoms with Gasteiger partial charge in [-0.2, -0.15) is 0 Å². The quantitative estimate of drug-likeness (QED) is 0.152. The number of amides is 1. The third kappa shape index (κ3) is 10.0. The second-order valence-electron chi connectivity index (χ2n) is 12.1. The Morgan fingerprint density at radius 1 is 0.843 bits per heavy atom. The number of carbonyl (C=O) groups is 2. The van der Waals surface area contributed by atoms with Gasteiger partial charge >= 0.3 is 29.6 Å². The van der Waals surface area contributed by atoms with E-state index in [0.29, 0.717) is 39.4 Å². The molecular weight excluding hydrogens is 665 g/mol. The van der Waals surface area contributed by atoms with E-state index >= 15 is 0 Å². The van der Waals surface area contributed by atoms with Crippen LogP contribution in [-0.4, -0.2) is 38.9 Å². The molecular formula is C40H37F2N2NaO6. The van der Waals surface area contributed by atoms with Gasteiger partial charge in [-0.05, 0) is 73.0 Å². The van der Waals surface area contributed by atoms with Crippen molar-refractivity contribution in [2.45, 2.75) is 51.5 Å². The number of rotatable bonds is 14. The van der Waals surface area contributed by atoms with Crippen molar-refractivity contribution in [3.05, 3.63) is 138 Å². The number of carboxylic acid groups (broad SMARTS) is 1. The number of nitrogens with one attached hydrogen (secondary N) is 1. The minimum absolute atomic E-state index is 0. The largest absolute Gasteiger partial charge is 1.00 e. The smallest absolute Gasteiger partial charge is 0.550 e. The Hall–Kier alpha value is -4.58. The summed E-state index contributed by atoms with van der Waals surface area (Å²) in [6, 6.07) is 27.6. The first kappa shape index (κ1) is 39.2. The molecule has 3 N–H and O–H groups in total. The van der Waals surface area contributed by atoms with Gasteiger partial charge in [0.1, 0.15) is 29.7 Å². The summed E-state index contributed by atoms with van der Waals surface area (Å²) in [5, 5.41) is 34.8. The molecule has 0 aliphatic carbocycles. The normalized spacial score (nSPS) is 12.4. The molecule has 0 fully saturated rings. The maximum absolute atomic E-state index is 14.6. The number of aliphatic hydroxyl groups is 2. The molecule has 0 radical (unpaired) electrons. The van der Waals surface area contributed by atoms with Crippen molar-refractivity contribution in [1.29, 1.82) is 0 Å². The van der Waals surface area contributed by atoms with Crippen molar-refractivity contribution in [3.8, 4) is 28.0 Å². The van der Waals surface area contributed by atoms with E-state index in [4.69, 9.17) is 4.74 Å². The summed E-state index contributed by atoms with van der Waals surface area (Å²) in [6.07, 6.45) is -0.576. The molecule has 11 heteroatoms. The van der Waals surface area contributed by atoms with E-state index in [9.17, 15) is 33.7 Å². The number of carbonyl (C=O) groups excluding carboxylic acids is 2. The number of nitrogens with zero attached hydrogens (tertiary/aromatic N) is 1. The SMILES string of the molecule is CC(C)n1c(/C=C/[C@@H](O)C[C@@H](O)CC(=O)[O-])c(-c2ccc(F)cc2)c(-c2ccc(F)cc2)c1C(=O)Nc1ccccc1OCc1ccccc1.[Na+]. The molecule has 0 spiro atoms. The minimum Gasteiger partial charge on any atom is -0.550 e. The third-order valence-electron chi connectivity index (χ3n) is 8.01. The maximum Gasteiger partial charge on any atom is 1.00 e. The molecule has 1 aromatic heterocycles. The molecule has 1 amide bonds. The van der Waals surface area contributed by atoms with Crippen molar-refractivity contribution in [3.63, 3.8) is 0 Å². The summed E-state index contributed by atoms with van der Waals surface area (Å²) in [4.78, 5) is 25.5. The molecule has 0 bridgehead atoms. The maximum atomic E-state index is 14.6. The Morgan fingerprint density at radius 2 is 1.41 bits per heavy atom. The Morgan fingerprint density at radius 3 is 2.00 bits per heavy atom. The third-order valence-corrected chi connectivity index (χ3v) is 8.01. The molecule has 5 rings (SSSR count). The van der Waals surface area contributed by atoms with Crippen LogP contribution in [0.25, 0.3) is 28.3 Å². The molecule has 2 atom stereocenters. The second-order valence-corrected chi connectivity index (χ2v) is 12.1. The number of aliphatic carboxylic acids is 1. The van der Waals surface area contributed by atoms with E-state index in [-0.39, 0.29) is 54.3 Å². The molecule has 51 heavy (non-hydrogen) atoms. The topological polar surface area (TPSA) is 124 Å². The van der Waals surface area contributed by atoms with Gasteiger partial charge in [-0.15, -0.1) is 0 Å². The van der Waals surface area contributed by atoms with Crippen LogP contribution in [0.1, 0.15) is 54.5 Å². The standard InChI is InChI=1S/C40H38F2N2O6.Na/c1-25(2)44-34(21-20-31(45)22-32(46)23-36(47)48)37(27-12-16-29(41)17-13-27)38(28-14-18-30(42)19-15-28)39(44)40(49)43-33-10-6-7-11-35(33)50-24-26-8-4-3-5-9-26;/h3-21,25,31-32,45-46H,22-24H2,1-2H3,(H,43,49)(H,47,48);/q;+1/p-1/b21-20+;/t31-,32-;/m1./s1. The molecule has 8 nitrogen and oxygen atoms in total. The number of ether oxygens (including phenoxy) is 1. The van der Waals surface area contributed by atoms with Crippen LogP contribution < -0.4 is 44.7 Å². The van der Waals surface area contributed by atoms with Gasteiger partial charge in [-0.1, -0.05) is 72.8 Å². The van der Waals surface area contributed by atoms with Crippen molar-refractivity contribution < 1.29 is 68.0 Å². The van der Waals surface area contributed by atoms with Gasteiger partial charge in [0.15, 0.2) is 0 Å². The fourth-order valence-corrected chi connectivity index (χ4v) is 5.79. The van der Waals surface area contributed by atoms with Crippen LogP contribution >= 0.6 is 0 Å². The van der Waals surface area contributed by atoms with Crippen molar-refractivity contribution in [1.82, 2.24) is 4.57 Å². The second kappa shape index (κ2) is 18.1. The molecule has 5 aromatic rings. The number of carboxylic acids is 1. The summed E-state index contributed by atoms with van der Waals surface area (Å²) >= 11 is 0. The van der Waals surface area contributed by atoms with E-state index in [1.54, 1.807) is 59.2 Å². The number of benzene rings is 4. The molecule has 0 aliphatic heterocycles. The predicted molar refractivity (Wildman–Crippen MR) is 186 cm³/mol. The van der Waals surface area contributed by atoms with Gasteiger partial charge in [-0.25, -0.2) is 8.78 Å². The van der Waals surface area contributed by atoms with Gasteiger partial charge in [0.25, 0.3) is 5.91 Å². The van der Waals surface area contributed by atoms with E-state index in [1.165, 1.54) is 30.3 Å². The number of hydrogen-bond acceptors (Lipinski definition) is 6. The van der Waals surface area contributed by atoms with Crippen molar-refractivity contribution in [2.75, 3.05) is 5.32 Å². The first-order chi connectivity index (χ1) is 24.0. The van der Waals surface area contributed by atoms with Crippen LogP contribution in [0.2, 0.25) is 0 Å². The fraction of sp³-hybridized carbons (Fsp3) is 0.200. The number of aliphatic hydroxyl groups excluding tert-OH is 2. The molecule has 1 heterocycles. The van der Waals surface area contributed by atoms with Crippen LogP contribution in [-0.2, 0) is 11.4 Å². The van der Waals surface area contributed by atoms with Crippen LogP contribution in [0.3, 0.4) is 0 Å². The van der Waals surface area contributed by atoms with Gasteiger partial charge < -0.3 is 34.7 Å². The molecule has 4 aromatic carbocycles. The van der Waals surface area contributed by atoms with E-state index in [2.05, 4.69) is 5.32 Å². The Labute approximate surface area is 317 Å². The Bertz CT molecular complexity index is 1960. The fourth-order valence-electron chi connectivity index (χ4n) is 5.79. The number of hydrogen-bond donors (Lipinski definition) is 3. The number of para-hydroxylation sites is 2. The molecule has 258 valence electrons. The summed E-state index contributed by atoms with van der Waals surface area (Å²) in [5.41, 5.74) is 3.98. The monoisotopic (exact) mass is 702 g/mol. The van der Waals surface area contributed by atoms with Crippen LogP contribution in [0.15, 0.2) is 109 Å². The van der Waals surface area contributed by atoms with E-state index < -0.39 is 42.1 Å².